The van der Waals surface area contributed by atoms with Gasteiger partial charge in [0.05, 0.1) is 68.0 Å². The maximum Gasteiger partial charge on any atom is 0.269 e. The van der Waals surface area contributed by atoms with E-state index in [1.54, 1.807) is 29.0 Å². The van der Waals surface area contributed by atoms with Gasteiger partial charge in [0.15, 0.2) is 0 Å². The summed E-state index contributed by atoms with van der Waals surface area (Å²) in [5.41, 5.74) is 10.1. The van der Waals surface area contributed by atoms with Gasteiger partial charge in [0, 0.05) is 39.9 Å². The third-order valence-electron chi connectivity index (χ3n) is 15.9. The van der Waals surface area contributed by atoms with Gasteiger partial charge in [-0.15, -0.1) is 0 Å². The van der Waals surface area contributed by atoms with Crippen LogP contribution in [-0.4, -0.2) is 18.7 Å². The summed E-state index contributed by atoms with van der Waals surface area (Å²) in [4.78, 5) is 5.03. The molecule has 0 atom stereocenters. The summed E-state index contributed by atoms with van der Waals surface area (Å²) in [6, 6.07) is 44.9. The Bertz CT molecular complexity index is 5530. The second-order valence-electron chi connectivity index (χ2n) is 24.6. The van der Waals surface area contributed by atoms with Crippen LogP contribution in [0.25, 0.3) is 111 Å². The molecule has 0 aliphatic heterocycles. The van der Waals surface area contributed by atoms with Gasteiger partial charge in [-0.3, -0.25) is 13.7 Å². The predicted molar refractivity (Wildman–Crippen MR) is 349 cm³/mol. The first-order chi connectivity index (χ1) is 45.9. The second kappa shape index (κ2) is 20.0. The molecule has 0 fully saturated rings. The van der Waals surface area contributed by atoms with E-state index >= 15 is 0 Å². The molecular weight excluding hydrogens is 1020 g/mol. The molecule has 0 unspecified atom stereocenters. The molecule has 0 radical (unpaired) electrons. The van der Waals surface area contributed by atoms with Crippen molar-refractivity contribution >= 4 is 54.6 Å². The molecule has 410 valence electrons. The molecule has 14 rings (SSSR count). The van der Waals surface area contributed by atoms with Gasteiger partial charge < -0.3 is 9.30 Å². The average Bonchev–Trinajstić information content (AvgIpc) is 1.54. The number of rotatable bonds is 9. The number of nitrogens with zero attached hydrogens (tertiary/aromatic N) is 5. The van der Waals surface area contributed by atoms with E-state index in [0.29, 0.717) is 61.5 Å². The smallest absolute Gasteiger partial charge is 0.269 e. The van der Waals surface area contributed by atoms with Gasteiger partial charge in [-0.1, -0.05) is 232 Å². The molecule has 4 heterocycles. The number of ether oxygens (including phenoxy) is 1. The van der Waals surface area contributed by atoms with Crippen LogP contribution in [0.5, 0.6) is 11.5 Å². The standard InChI is InChI=1S/C78H67N5O/c1-76(2,3)55-40-41-79-73(46-55)83-68-39-38-53(51-24-12-10-13-25-51)44-65(68)74-71(82-66-34-18-16-30-63(66)64-31-17-19-35-67(64)82)48-60(49-72(74)83)84-59-29-22-28-58(47-59)80-50-81(70-37-21-20-36-69(70)80)75-61(52-26-14-11-15-27-52)32-23-33-62(75)54-42-56(77(4,5)6)45-57(43-54)78(7,8)9/h10-49H,1-9H3/i11D,14D,15D,16D,17D,18D,19D,26D,27D,30D,31D,34D,35D. The van der Waals surface area contributed by atoms with Gasteiger partial charge in [0.25, 0.3) is 6.33 Å². The first kappa shape index (κ1) is 39.6. The predicted octanol–water partition coefficient (Wildman–Crippen LogP) is 20.0. The van der Waals surface area contributed by atoms with Crippen LogP contribution in [0.4, 0.5) is 0 Å². The van der Waals surface area contributed by atoms with Gasteiger partial charge in [-0.25, -0.2) is 4.98 Å². The highest BCUT2D eigenvalue weighted by atomic mass is 16.5. The minimum Gasteiger partial charge on any atom is -0.458 e. The van der Waals surface area contributed by atoms with E-state index in [9.17, 15) is 8.22 Å². The van der Waals surface area contributed by atoms with Crippen LogP contribution in [0.15, 0.2) is 242 Å². The van der Waals surface area contributed by atoms with Gasteiger partial charge in [-0.2, -0.15) is 0 Å². The zero-order valence-corrected chi connectivity index (χ0v) is 48.2. The van der Waals surface area contributed by atoms with Crippen molar-refractivity contribution in [2.24, 2.45) is 0 Å². The van der Waals surface area contributed by atoms with Crippen LogP contribution < -0.4 is 9.30 Å². The van der Waals surface area contributed by atoms with Crippen molar-refractivity contribution in [3.63, 3.8) is 0 Å². The fourth-order valence-electron chi connectivity index (χ4n) is 11.6. The summed E-state index contributed by atoms with van der Waals surface area (Å²) >= 11 is 0. The van der Waals surface area contributed by atoms with Crippen LogP contribution in [0, 0.1) is 6.33 Å². The first-order valence-corrected chi connectivity index (χ1v) is 28.2. The Morgan fingerprint density at radius 3 is 1.79 bits per heavy atom. The minimum absolute atomic E-state index is 0.0327. The molecule has 0 spiro atoms. The Balaban J connectivity index is 1.04. The lowest BCUT2D eigenvalue weighted by atomic mass is 9.78. The highest BCUT2D eigenvalue weighted by molar-refractivity contribution is 6.17. The topological polar surface area (TPSA) is 40.8 Å². The van der Waals surface area contributed by atoms with Crippen molar-refractivity contribution in [2.45, 2.75) is 78.6 Å². The maximum atomic E-state index is 9.68. The molecular formula is C78H67N5O. The van der Waals surface area contributed by atoms with Crippen molar-refractivity contribution in [1.82, 2.24) is 18.7 Å². The molecule has 6 heteroatoms. The molecule has 4 aromatic heterocycles. The summed E-state index contributed by atoms with van der Waals surface area (Å²) in [6.45, 7) is 19.4. The first-order valence-electron chi connectivity index (χ1n) is 34.7. The largest absolute Gasteiger partial charge is 0.458 e. The van der Waals surface area contributed by atoms with Gasteiger partial charge in [0.1, 0.15) is 17.3 Å². The number of hydrogen-bond donors (Lipinski definition) is 0. The van der Waals surface area contributed by atoms with Gasteiger partial charge >= 0.3 is 0 Å². The van der Waals surface area contributed by atoms with Crippen molar-refractivity contribution in [2.75, 3.05) is 0 Å². The lowest BCUT2D eigenvalue weighted by Gasteiger charge is -2.27. The summed E-state index contributed by atoms with van der Waals surface area (Å²) < 4.78 is 134. The summed E-state index contributed by atoms with van der Waals surface area (Å²) in [7, 11) is 0. The molecule has 10 aromatic carbocycles. The van der Waals surface area contributed by atoms with Crippen LogP contribution in [0.2, 0.25) is 0 Å². The molecule has 14 aromatic rings. The van der Waals surface area contributed by atoms with E-state index in [4.69, 9.17) is 19.3 Å². The number of para-hydroxylation sites is 5. The van der Waals surface area contributed by atoms with E-state index < -0.39 is 66.5 Å². The van der Waals surface area contributed by atoms with E-state index in [0.717, 1.165) is 44.5 Å². The molecule has 0 aliphatic rings. The fraction of sp³-hybridized carbons (Fsp3) is 0.154. The molecule has 0 saturated carbocycles. The SMILES string of the molecule is [2H]c1c([2H])c([2H])c(-c2cccc(-c3cc(C(C)(C)C)cc(C(C)(C)C)c3)c2-[n+]2[c-]n(-c3cccc(Oc4cc(-n5c6c([2H])c([2H])c([2H])c([2H])c6c6c([2H])c([2H])c([2H])c([2H])c65)c5c6cc(-c7ccccc7)ccc6n(-c6cc(C(C)(C)C)ccn6)c5c4)c3)c3ccccc32)c([2H])c1[2H]. The molecule has 0 bridgehead atoms. The molecule has 0 saturated heterocycles. The molecule has 84 heavy (non-hydrogen) atoms. The van der Waals surface area contributed by atoms with E-state index in [1.807, 2.05) is 129 Å². The van der Waals surface area contributed by atoms with Crippen LogP contribution in [0.1, 0.15) is 96.8 Å². The molecule has 0 N–H and O–H groups in total. The highest BCUT2D eigenvalue weighted by Crippen LogP contribution is 2.45. The highest BCUT2D eigenvalue weighted by Gasteiger charge is 2.27. The minimum atomic E-state index is -0.558. The number of fused-ring (bicyclic) bond motifs is 7. The van der Waals surface area contributed by atoms with E-state index in [-0.39, 0.29) is 61.4 Å². The zero-order valence-electron chi connectivity index (χ0n) is 61.2. The lowest BCUT2D eigenvalue weighted by molar-refractivity contribution is -0.571. The molecule has 6 nitrogen and oxygen atoms in total. The molecule has 0 amide bonds. The van der Waals surface area contributed by atoms with E-state index in [1.165, 1.54) is 0 Å². The van der Waals surface area contributed by atoms with Crippen molar-refractivity contribution < 1.29 is 27.1 Å². The normalized spacial score (nSPS) is 14.5. The van der Waals surface area contributed by atoms with Crippen molar-refractivity contribution in [1.29, 1.82) is 0 Å². The van der Waals surface area contributed by atoms with Crippen LogP contribution in [0.3, 0.4) is 0 Å². The van der Waals surface area contributed by atoms with Crippen molar-refractivity contribution in [3.05, 3.63) is 265 Å². The van der Waals surface area contributed by atoms with Crippen LogP contribution >= 0.6 is 0 Å². The number of imidazole rings is 1. The Labute approximate surface area is 510 Å². The number of pyridine rings is 1. The maximum absolute atomic E-state index is 9.68. The average molecular weight is 1100 g/mol. The van der Waals surface area contributed by atoms with E-state index in [2.05, 4.69) is 92.9 Å². The third-order valence-corrected chi connectivity index (χ3v) is 15.9. The second-order valence-corrected chi connectivity index (χ2v) is 24.6. The summed E-state index contributed by atoms with van der Waals surface area (Å²) in [5, 5.41) is 1.13. The van der Waals surface area contributed by atoms with Crippen molar-refractivity contribution in [3.8, 4) is 67.8 Å². The summed E-state index contributed by atoms with van der Waals surface area (Å²) in [6.07, 6.45) is 5.46. The lowest BCUT2D eigenvalue weighted by Crippen LogP contribution is -2.31. The van der Waals surface area contributed by atoms with Crippen LogP contribution in [-0.2, 0) is 16.2 Å². The number of hydrogen-bond acceptors (Lipinski definition) is 2. The fourth-order valence-corrected chi connectivity index (χ4v) is 11.6. The number of benzene rings is 10. The Hall–Kier alpha value is -9.78. The monoisotopic (exact) mass is 1100 g/mol. The Morgan fingerprint density at radius 1 is 0.440 bits per heavy atom. The quantitative estimate of drug-likeness (QED) is 0.107. The zero-order chi connectivity index (χ0) is 69.0. The number of aromatic nitrogens is 5. The Morgan fingerprint density at radius 2 is 1.08 bits per heavy atom. The van der Waals surface area contributed by atoms with Gasteiger partial charge in [0.2, 0.25) is 0 Å². The third kappa shape index (κ3) is 9.14. The Kier molecular flexibility index (Phi) is 9.43. The van der Waals surface area contributed by atoms with Gasteiger partial charge in [-0.05, 0) is 121 Å². The summed E-state index contributed by atoms with van der Waals surface area (Å²) in [5.74, 6) is 1.16. The molecule has 0 aliphatic carbocycles.